The van der Waals surface area contributed by atoms with Gasteiger partial charge in [0, 0.05) is 45.5 Å². The number of amides is 2. The molecule has 0 unspecified atom stereocenters. The van der Waals surface area contributed by atoms with Crippen LogP contribution in [0.4, 0.5) is 10.6 Å². The van der Waals surface area contributed by atoms with Crippen LogP contribution < -0.4 is 20.3 Å². The van der Waals surface area contributed by atoms with Crippen molar-refractivity contribution in [3.63, 3.8) is 0 Å². The lowest BCUT2D eigenvalue weighted by Gasteiger charge is -2.33. The van der Waals surface area contributed by atoms with Crippen molar-refractivity contribution in [1.29, 1.82) is 0 Å². The number of methoxy groups -OCH3 is 1. The first-order chi connectivity index (χ1) is 13.1. The Bertz CT molecular complexity index is 742. The maximum atomic E-state index is 12.0. The van der Waals surface area contributed by atoms with E-state index in [1.807, 2.05) is 42.6 Å². The van der Waals surface area contributed by atoms with Crippen LogP contribution >= 0.6 is 0 Å². The molecule has 0 radical (unpaired) electrons. The Morgan fingerprint density at radius 1 is 1.07 bits per heavy atom. The van der Waals surface area contributed by atoms with E-state index in [2.05, 4.69) is 32.5 Å². The van der Waals surface area contributed by atoms with Gasteiger partial charge in [0.15, 0.2) is 0 Å². The lowest BCUT2D eigenvalue weighted by Crippen LogP contribution is -2.44. The van der Waals surface area contributed by atoms with Gasteiger partial charge in [-0.3, -0.25) is 0 Å². The van der Waals surface area contributed by atoms with E-state index in [1.54, 1.807) is 7.11 Å². The third kappa shape index (κ3) is 5.59. The summed E-state index contributed by atoms with van der Waals surface area (Å²) >= 11 is 0. The standard InChI is InChI=1S/C20H27N5O2/c1-24-8-10-25(11-9-24)19-7-6-17(14-21-19)15-23-20(26)22-13-16-4-3-5-18(12-16)27-2/h3-7,12,14H,8-11,13,15H2,1-2H3,(H2,22,23,26). The second kappa shape index (κ2) is 9.23. The number of carbonyl (C=O) groups is 1. The van der Waals surface area contributed by atoms with Crippen molar-refractivity contribution in [2.24, 2.45) is 0 Å². The molecule has 0 atom stereocenters. The first kappa shape index (κ1) is 19.0. The quantitative estimate of drug-likeness (QED) is 0.813. The molecule has 2 amide bonds. The van der Waals surface area contributed by atoms with Crippen LogP contribution in [0, 0.1) is 0 Å². The summed E-state index contributed by atoms with van der Waals surface area (Å²) in [4.78, 5) is 21.2. The molecule has 1 fully saturated rings. The average molecular weight is 369 g/mol. The van der Waals surface area contributed by atoms with E-state index in [1.165, 1.54) is 0 Å². The van der Waals surface area contributed by atoms with Crippen LogP contribution in [0.25, 0.3) is 0 Å². The van der Waals surface area contributed by atoms with Crippen molar-refractivity contribution in [3.05, 3.63) is 53.7 Å². The van der Waals surface area contributed by atoms with Crippen molar-refractivity contribution in [2.45, 2.75) is 13.1 Å². The van der Waals surface area contributed by atoms with Crippen LogP contribution in [-0.4, -0.2) is 56.3 Å². The Kier molecular flexibility index (Phi) is 6.49. The number of carbonyl (C=O) groups excluding carboxylic acids is 1. The van der Waals surface area contributed by atoms with E-state index in [4.69, 9.17) is 4.74 Å². The van der Waals surface area contributed by atoms with Crippen LogP contribution in [0.2, 0.25) is 0 Å². The molecule has 1 aromatic carbocycles. The molecule has 2 N–H and O–H groups in total. The van der Waals surface area contributed by atoms with Gasteiger partial charge in [0.05, 0.1) is 7.11 Å². The molecule has 1 aromatic heterocycles. The number of ether oxygens (including phenoxy) is 1. The highest BCUT2D eigenvalue weighted by molar-refractivity contribution is 5.73. The van der Waals surface area contributed by atoms with E-state index < -0.39 is 0 Å². The number of benzene rings is 1. The van der Waals surface area contributed by atoms with Gasteiger partial charge in [-0.15, -0.1) is 0 Å². The number of aromatic nitrogens is 1. The number of urea groups is 1. The smallest absolute Gasteiger partial charge is 0.315 e. The van der Waals surface area contributed by atoms with Crippen LogP contribution in [0.15, 0.2) is 42.6 Å². The van der Waals surface area contributed by atoms with E-state index in [9.17, 15) is 4.79 Å². The highest BCUT2D eigenvalue weighted by Gasteiger charge is 2.14. The molecule has 1 saturated heterocycles. The summed E-state index contributed by atoms with van der Waals surface area (Å²) in [5.41, 5.74) is 1.96. The predicted octanol–water partition coefficient (Wildman–Crippen LogP) is 1.84. The summed E-state index contributed by atoms with van der Waals surface area (Å²) in [6.45, 7) is 4.99. The Morgan fingerprint density at radius 3 is 2.48 bits per heavy atom. The largest absolute Gasteiger partial charge is 0.497 e. The van der Waals surface area contributed by atoms with Gasteiger partial charge in [-0.1, -0.05) is 18.2 Å². The van der Waals surface area contributed by atoms with E-state index in [0.29, 0.717) is 13.1 Å². The van der Waals surface area contributed by atoms with Gasteiger partial charge in [0.1, 0.15) is 11.6 Å². The second-order valence-electron chi connectivity index (χ2n) is 6.70. The summed E-state index contributed by atoms with van der Waals surface area (Å²) in [7, 11) is 3.77. The summed E-state index contributed by atoms with van der Waals surface area (Å²) in [5, 5.41) is 5.71. The summed E-state index contributed by atoms with van der Waals surface area (Å²) in [5.74, 6) is 1.77. The number of hydrogen-bond acceptors (Lipinski definition) is 5. The minimum atomic E-state index is -0.207. The summed E-state index contributed by atoms with van der Waals surface area (Å²) in [6, 6.07) is 11.5. The minimum absolute atomic E-state index is 0.207. The number of nitrogens with one attached hydrogen (secondary N) is 2. The second-order valence-corrected chi connectivity index (χ2v) is 6.70. The molecule has 7 nitrogen and oxygen atoms in total. The molecule has 1 aliphatic heterocycles. The lowest BCUT2D eigenvalue weighted by atomic mass is 10.2. The maximum Gasteiger partial charge on any atom is 0.315 e. The molecule has 27 heavy (non-hydrogen) atoms. The molecule has 3 rings (SSSR count). The Labute approximate surface area is 160 Å². The van der Waals surface area contributed by atoms with Gasteiger partial charge in [-0.2, -0.15) is 0 Å². The number of likely N-dealkylation sites (N-methyl/N-ethyl adjacent to an activating group) is 1. The molecule has 0 saturated carbocycles. The maximum absolute atomic E-state index is 12.0. The molecule has 144 valence electrons. The van der Waals surface area contributed by atoms with Gasteiger partial charge in [0.25, 0.3) is 0 Å². The first-order valence-electron chi connectivity index (χ1n) is 9.17. The number of hydrogen-bond donors (Lipinski definition) is 2. The van der Waals surface area contributed by atoms with Crippen molar-refractivity contribution in [1.82, 2.24) is 20.5 Å². The fourth-order valence-electron chi connectivity index (χ4n) is 2.95. The van der Waals surface area contributed by atoms with Gasteiger partial charge in [0.2, 0.25) is 0 Å². The molecule has 2 heterocycles. The number of piperazine rings is 1. The third-order valence-corrected chi connectivity index (χ3v) is 4.68. The Hall–Kier alpha value is -2.80. The molecule has 7 heteroatoms. The Morgan fingerprint density at radius 2 is 1.81 bits per heavy atom. The van der Waals surface area contributed by atoms with Crippen LogP contribution in [0.3, 0.4) is 0 Å². The molecule has 2 aromatic rings. The van der Waals surface area contributed by atoms with Gasteiger partial charge in [-0.25, -0.2) is 9.78 Å². The predicted molar refractivity (Wildman–Crippen MR) is 106 cm³/mol. The minimum Gasteiger partial charge on any atom is -0.497 e. The zero-order chi connectivity index (χ0) is 19.1. The van der Waals surface area contributed by atoms with Crippen molar-refractivity contribution in [2.75, 3.05) is 45.2 Å². The molecule has 0 aliphatic carbocycles. The normalized spacial score (nSPS) is 14.7. The van der Waals surface area contributed by atoms with Crippen molar-refractivity contribution < 1.29 is 9.53 Å². The molecule has 1 aliphatic rings. The summed E-state index contributed by atoms with van der Waals surface area (Å²) in [6.07, 6.45) is 1.83. The summed E-state index contributed by atoms with van der Waals surface area (Å²) < 4.78 is 5.18. The Balaban J connectivity index is 1.43. The van der Waals surface area contributed by atoms with Crippen LogP contribution in [0.5, 0.6) is 5.75 Å². The number of anilines is 1. The highest BCUT2D eigenvalue weighted by Crippen LogP contribution is 2.14. The van der Waals surface area contributed by atoms with Gasteiger partial charge >= 0.3 is 6.03 Å². The van der Waals surface area contributed by atoms with Gasteiger partial charge < -0.3 is 25.2 Å². The fraction of sp³-hybridized carbons (Fsp3) is 0.400. The van der Waals surface area contributed by atoms with Crippen molar-refractivity contribution in [3.8, 4) is 5.75 Å². The monoisotopic (exact) mass is 369 g/mol. The van der Waals surface area contributed by atoms with E-state index in [0.717, 1.165) is 48.9 Å². The first-order valence-corrected chi connectivity index (χ1v) is 9.17. The van der Waals surface area contributed by atoms with Crippen LogP contribution in [-0.2, 0) is 13.1 Å². The third-order valence-electron chi connectivity index (χ3n) is 4.68. The van der Waals surface area contributed by atoms with Gasteiger partial charge in [-0.05, 0) is 36.4 Å². The fourth-order valence-corrected chi connectivity index (χ4v) is 2.95. The topological polar surface area (TPSA) is 69.7 Å². The average Bonchev–Trinajstić information content (AvgIpc) is 2.72. The SMILES string of the molecule is COc1cccc(CNC(=O)NCc2ccc(N3CCN(C)CC3)nc2)c1. The van der Waals surface area contributed by atoms with E-state index >= 15 is 0 Å². The lowest BCUT2D eigenvalue weighted by molar-refractivity contribution is 0.240. The molecular formula is C20H27N5O2. The molecule has 0 spiro atoms. The number of nitrogens with zero attached hydrogens (tertiary/aromatic N) is 3. The zero-order valence-corrected chi connectivity index (χ0v) is 15.9. The molecular weight excluding hydrogens is 342 g/mol. The van der Waals surface area contributed by atoms with Crippen molar-refractivity contribution >= 4 is 11.8 Å². The number of rotatable bonds is 6. The van der Waals surface area contributed by atoms with E-state index in [-0.39, 0.29) is 6.03 Å². The van der Waals surface area contributed by atoms with Crippen LogP contribution in [0.1, 0.15) is 11.1 Å². The number of pyridine rings is 1. The zero-order valence-electron chi connectivity index (χ0n) is 15.9. The molecule has 0 bridgehead atoms. The highest BCUT2D eigenvalue weighted by atomic mass is 16.5.